The summed E-state index contributed by atoms with van der Waals surface area (Å²) in [5.41, 5.74) is 1.15. The lowest BCUT2D eigenvalue weighted by Gasteiger charge is -2.25. The number of anilines is 1. The van der Waals surface area contributed by atoms with Gasteiger partial charge in [0.25, 0.3) is 0 Å². The highest BCUT2D eigenvalue weighted by Crippen LogP contribution is 2.33. The summed E-state index contributed by atoms with van der Waals surface area (Å²) in [6, 6.07) is 8.38. The number of hydrogen-bond acceptors (Lipinski definition) is 5. The Morgan fingerprint density at radius 2 is 2.15 bits per heavy atom. The number of ether oxygens (including phenoxy) is 1. The number of nitriles is 1. The molecule has 27 heavy (non-hydrogen) atoms. The zero-order valence-corrected chi connectivity index (χ0v) is 16.4. The monoisotopic (exact) mass is 366 g/mol. The Morgan fingerprint density at radius 1 is 1.33 bits per heavy atom. The number of likely N-dealkylation sites (N-methyl/N-ethyl adjacent to an activating group) is 1. The molecule has 3 rings (SSSR count). The molecule has 0 unspecified atom stereocenters. The van der Waals surface area contributed by atoms with Crippen molar-refractivity contribution in [1.29, 1.82) is 5.26 Å². The van der Waals surface area contributed by atoms with Crippen LogP contribution in [0.1, 0.15) is 33.3 Å². The minimum Gasteiger partial charge on any atom is -0.380 e. The number of nitrogens with zero attached hydrogens (tertiary/aromatic N) is 5. The number of aromatic nitrogens is 4. The summed E-state index contributed by atoms with van der Waals surface area (Å²) in [6.45, 7) is 10.9. The van der Waals surface area contributed by atoms with Gasteiger partial charge in [-0.2, -0.15) is 10.4 Å². The fourth-order valence-corrected chi connectivity index (χ4v) is 3.17. The maximum Gasteiger partial charge on any atom is 0.148 e. The summed E-state index contributed by atoms with van der Waals surface area (Å²) in [4.78, 5) is 7.10. The first kappa shape index (κ1) is 18.9. The Balaban J connectivity index is 2.16. The van der Waals surface area contributed by atoms with Crippen LogP contribution in [0.25, 0.3) is 16.9 Å². The van der Waals surface area contributed by atoms with Crippen LogP contribution >= 0.6 is 0 Å². The van der Waals surface area contributed by atoms with E-state index in [0.29, 0.717) is 13.2 Å². The summed E-state index contributed by atoms with van der Waals surface area (Å²) in [6.07, 6.45) is 3.67. The second-order valence-electron chi connectivity index (χ2n) is 6.91. The number of nitrogens with one attached hydrogen (secondary N) is 1. The van der Waals surface area contributed by atoms with Crippen molar-refractivity contribution in [2.24, 2.45) is 0 Å². The molecule has 0 spiro atoms. The number of H-pyrrole nitrogens is 1. The highest BCUT2D eigenvalue weighted by molar-refractivity contribution is 5.85. The van der Waals surface area contributed by atoms with Gasteiger partial charge in [-0.15, -0.1) is 0 Å². The van der Waals surface area contributed by atoms with Crippen molar-refractivity contribution >= 4 is 16.9 Å². The Kier molecular flexibility index (Phi) is 5.47. The lowest BCUT2D eigenvalue weighted by atomic mass is 9.85. The van der Waals surface area contributed by atoms with Crippen LogP contribution in [0.2, 0.25) is 0 Å². The molecule has 0 saturated heterocycles. The van der Waals surface area contributed by atoms with E-state index in [0.717, 1.165) is 41.3 Å². The third-order valence-corrected chi connectivity index (χ3v) is 4.76. The molecule has 0 amide bonds. The van der Waals surface area contributed by atoms with Gasteiger partial charge in [0, 0.05) is 37.3 Å². The van der Waals surface area contributed by atoms with Crippen molar-refractivity contribution in [2.75, 3.05) is 31.2 Å². The molecule has 0 fully saturated rings. The van der Waals surface area contributed by atoms with Crippen molar-refractivity contribution in [2.45, 2.75) is 33.1 Å². The van der Waals surface area contributed by atoms with E-state index in [1.165, 1.54) is 0 Å². The van der Waals surface area contributed by atoms with E-state index < -0.39 is 5.41 Å². The lowest BCUT2D eigenvalue weighted by Crippen LogP contribution is -2.29. The third kappa shape index (κ3) is 3.67. The Labute approximate surface area is 159 Å². The van der Waals surface area contributed by atoms with E-state index in [2.05, 4.69) is 28.1 Å². The maximum absolute atomic E-state index is 9.73. The molecular weight excluding hydrogens is 340 g/mol. The Bertz CT molecular complexity index is 935. The smallest absolute Gasteiger partial charge is 0.148 e. The van der Waals surface area contributed by atoms with Gasteiger partial charge in [0.05, 0.1) is 24.3 Å². The lowest BCUT2D eigenvalue weighted by molar-refractivity contribution is 0.154. The topological polar surface area (TPSA) is 82.8 Å². The molecule has 0 atom stereocenters. The molecule has 0 saturated carbocycles. The zero-order chi connectivity index (χ0) is 19.4. The number of fused-ring (bicyclic) bond motifs is 1. The average molecular weight is 366 g/mol. The average Bonchev–Trinajstić information content (AvgIpc) is 3.33. The molecule has 0 bridgehead atoms. The highest BCUT2D eigenvalue weighted by Gasteiger charge is 2.26. The molecule has 0 aliphatic carbocycles. The van der Waals surface area contributed by atoms with Gasteiger partial charge in [-0.1, -0.05) is 0 Å². The number of hydrogen-bond donors (Lipinski definition) is 1. The molecule has 3 heterocycles. The van der Waals surface area contributed by atoms with E-state index >= 15 is 0 Å². The second-order valence-corrected chi connectivity index (χ2v) is 6.91. The highest BCUT2D eigenvalue weighted by atomic mass is 16.5. The summed E-state index contributed by atoms with van der Waals surface area (Å²) < 4.78 is 7.49. The fraction of sp³-hybridized carbons (Fsp3) is 0.450. The fourth-order valence-electron chi connectivity index (χ4n) is 3.17. The van der Waals surface area contributed by atoms with Crippen LogP contribution in [0.5, 0.6) is 0 Å². The van der Waals surface area contributed by atoms with Gasteiger partial charge in [-0.25, -0.2) is 4.98 Å². The first-order chi connectivity index (χ1) is 13.0. The van der Waals surface area contributed by atoms with Gasteiger partial charge in [0.15, 0.2) is 0 Å². The summed E-state index contributed by atoms with van der Waals surface area (Å²) in [5.74, 6) is 1.69. The summed E-state index contributed by atoms with van der Waals surface area (Å²) >= 11 is 0. The van der Waals surface area contributed by atoms with Crippen molar-refractivity contribution in [3.8, 4) is 11.9 Å². The molecular formula is C20H26N6O. The van der Waals surface area contributed by atoms with Gasteiger partial charge in [0.1, 0.15) is 17.3 Å². The molecule has 0 aliphatic rings. The first-order valence-corrected chi connectivity index (χ1v) is 9.28. The minimum absolute atomic E-state index is 0.630. The van der Waals surface area contributed by atoms with E-state index in [4.69, 9.17) is 9.72 Å². The number of pyridine rings is 1. The predicted octanol–water partition coefficient (Wildman–Crippen LogP) is 3.41. The maximum atomic E-state index is 9.73. The van der Waals surface area contributed by atoms with Crippen molar-refractivity contribution in [1.82, 2.24) is 19.7 Å². The normalized spacial score (nSPS) is 11.7. The molecule has 1 N–H and O–H groups in total. The van der Waals surface area contributed by atoms with Gasteiger partial charge in [-0.3, -0.25) is 9.67 Å². The van der Waals surface area contributed by atoms with Crippen molar-refractivity contribution in [3.63, 3.8) is 0 Å². The zero-order valence-electron chi connectivity index (χ0n) is 16.4. The van der Waals surface area contributed by atoms with E-state index in [1.54, 1.807) is 6.20 Å². The molecule has 7 nitrogen and oxygen atoms in total. The number of aromatic amines is 1. The SMILES string of the molecule is CCOCCN(CC)c1cc(C(C)(C)C#N)c2ccn(-c3ccn[nH]3)c2n1. The van der Waals surface area contributed by atoms with Gasteiger partial charge >= 0.3 is 0 Å². The quantitative estimate of drug-likeness (QED) is 0.618. The first-order valence-electron chi connectivity index (χ1n) is 9.28. The van der Waals surface area contributed by atoms with Gasteiger partial charge < -0.3 is 9.64 Å². The van der Waals surface area contributed by atoms with Crippen LogP contribution < -0.4 is 4.90 Å². The summed E-state index contributed by atoms with van der Waals surface area (Å²) in [7, 11) is 0. The second kappa shape index (κ2) is 7.80. The van der Waals surface area contributed by atoms with E-state index in [-0.39, 0.29) is 0 Å². The predicted molar refractivity (Wildman–Crippen MR) is 106 cm³/mol. The molecule has 142 valence electrons. The molecule has 0 radical (unpaired) electrons. The van der Waals surface area contributed by atoms with Crippen molar-refractivity contribution < 1.29 is 4.74 Å². The molecule has 3 aromatic rings. The molecule has 0 aromatic carbocycles. The van der Waals surface area contributed by atoms with Crippen LogP contribution in [-0.4, -0.2) is 46.1 Å². The largest absolute Gasteiger partial charge is 0.380 e. The Hall–Kier alpha value is -2.85. The van der Waals surface area contributed by atoms with Crippen molar-refractivity contribution in [3.05, 3.63) is 36.2 Å². The van der Waals surface area contributed by atoms with Gasteiger partial charge in [0.2, 0.25) is 0 Å². The van der Waals surface area contributed by atoms with E-state index in [9.17, 15) is 5.26 Å². The third-order valence-electron chi connectivity index (χ3n) is 4.76. The molecule has 0 aliphatic heterocycles. The number of rotatable bonds is 8. The summed E-state index contributed by atoms with van der Waals surface area (Å²) in [5, 5.41) is 17.7. The Morgan fingerprint density at radius 3 is 2.78 bits per heavy atom. The van der Waals surface area contributed by atoms with Crippen LogP contribution in [0, 0.1) is 11.3 Å². The van der Waals surface area contributed by atoms with Crippen LogP contribution in [0.15, 0.2) is 30.6 Å². The van der Waals surface area contributed by atoms with Gasteiger partial charge in [-0.05, 0) is 45.4 Å². The van der Waals surface area contributed by atoms with Crippen LogP contribution in [0.4, 0.5) is 5.82 Å². The van der Waals surface area contributed by atoms with Crippen LogP contribution in [-0.2, 0) is 10.2 Å². The minimum atomic E-state index is -0.630. The standard InChI is InChI=1S/C20H26N6O/c1-5-25(11-12-27-6-2)18-13-16(20(3,4)14-21)15-8-10-26(19(15)23-18)17-7-9-22-24-17/h7-10,13H,5-6,11-12H2,1-4H3,(H,22,24). The molecule has 7 heteroatoms. The van der Waals surface area contributed by atoms with Crippen LogP contribution in [0.3, 0.4) is 0 Å². The molecule has 3 aromatic heterocycles. The van der Waals surface area contributed by atoms with E-state index in [1.807, 2.05) is 49.7 Å².